The van der Waals surface area contributed by atoms with Crippen molar-refractivity contribution in [3.63, 3.8) is 0 Å². The van der Waals surface area contributed by atoms with Gasteiger partial charge in [-0.05, 0) is 30.9 Å². The molecule has 0 radical (unpaired) electrons. The molecule has 98 valence electrons. The number of hydrogen-bond acceptors (Lipinski definition) is 2. The first-order valence-electron chi connectivity index (χ1n) is 6.59. The molecule has 18 heavy (non-hydrogen) atoms. The van der Waals surface area contributed by atoms with Crippen molar-refractivity contribution in [2.45, 2.75) is 45.1 Å². The lowest BCUT2D eigenvalue weighted by Gasteiger charge is -2.22. The molecule has 1 amide bonds. The summed E-state index contributed by atoms with van der Waals surface area (Å²) in [6.45, 7) is 2.22. The van der Waals surface area contributed by atoms with Gasteiger partial charge in [-0.1, -0.05) is 37.8 Å². The SMILES string of the molecule is CC1CCCCCC1NC(=O)c1ccnc(Cl)c1. The van der Waals surface area contributed by atoms with Crippen molar-refractivity contribution < 1.29 is 4.79 Å². The van der Waals surface area contributed by atoms with E-state index in [1.165, 1.54) is 25.7 Å². The fraction of sp³-hybridized carbons (Fsp3) is 0.571. The third-order valence-corrected chi connectivity index (χ3v) is 3.87. The summed E-state index contributed by atoms with van der Waals surface area (Å²) < 4.78 is 0. The van der Waals surface area contributed by atoms with E-state index in [2.05, 4.69) is 17.2 Å². The van der Waals surface area contributed by atoms with E-state index >= 15 is 0 Å². The van der Waals surface area contributed by atoms with Crippen molar-refractivity contribution in [3.05, 3.63) is 29.0 Å². The highest BCUT2D eigenvalue weighted by molar-refractivity contribution is 6.29. The quantitative estimate of drug-likeness (QED) is 0.658. The van der Waals surface area contributed by atoms with Crippen LogP contribution in [-0.4, -0.2) is 16.9 Å². The zero-order valence-electron chi connectivity index (χ0n) is 10.7. The summed E-state index contributed by atoms with van der Waals surface area (Å²) in [5.74, 6) is 0.506. The Morgan fingerprint density at radius 2 is 2.17 bits per heavy atom. The minimum Gasteiger partial charge on any atom is -0.349 e. The number of halogens is 1. The van der Waals surface area contributed by atoms with Gasteiger partial charge in [0.15, 0.2) is 0 Å². The Morgan fingerprint density at radius 1 is 1.39 bits per heavy atom. The average Bonchev–Trinajstić information content (AvgIpc) is 2.55. The molecule has 1 heterocycles. The Morgan fingerprint density at radius 3 is 2.94 bits per heavy atom. The molecule has 1 fully saturated rings. The predicted molar refractivity (Wildman–Crippen MR) is 72.8 cm³/mol. The third kappa shape index (κ3) is 3.45. The van der Waals surface area contributed by atoms with E-state index < -0.39 is 0 Å². The minimum atomic E-state index is -0.0435. The Bertz CT molecular complexity index is 422. The maximum Gasteiger partial charge on any atom is 0.251 e. The molecule has 0 saturated heterocycles. The Balaban J connectivity index is 2.01. The van der Waals surface area contributed by atoms with Crippen LogP contribution in [0, 0.1) is 5.92 Å². The van der Waals surface area contributed by atoms with Gasteiger partial charge in [-0.3, -0.25) is 4.79 Å². The maximum atomic E-state index is 12.1. The first-order chi connectivity index (χ1) is 8.66. The molecule has 0 aliphatic heterocycles. The van der Waals surface area contributed by atoms with E-state index in [9.17, 15) is 4.79 Å². The fourth-order valence-corrected chi connectivity index (χ4v) is 2.68. The molecule has 0 aromatic carbocycles. The van der Waals surface area contributed by atoms with Crippen LogP contribution in [0.2, 0.25) is 5.15 Å². The highest BCUT2D eigenvalue weighted by Gasteiger charge is 2.22. The van der Waals surface area contributed by atoms with E-state index in [-0.39, 0.29) is 11.9 Å². The molecule has 3 nitrogen and oxygen atoms in total. The smallest absolute Gasteiger partial charge is 0.251 e. The largest absolute Gasteiger partial charge is 0.349 e. The second kappa shape index (κ2) is 6.19. The van der Waals surface area contributed by atoms with Gasteiger partial charge < -0.3 is 5.32 Å². The first kappa shape index (κ1) is 13.3. The van der Waals surface area contributed by atoms with Crippen LogP contribution in [0.3, 0.4) is 0 Å². The Hall–Kier alpha value is -1.09. The molecule has 2 atom stereocenters. The lowest BCUT2D eigenvalue weighted by Crippen LogP contribution is -2.38. The normalized spacial score (nSPS) is 24.3. The molecule has 1 saturated carbocycles. The number of carbonyl (C=O) groups excluding carboxylic acids is 1. The summed E-state index contributed by atoms with van der Waals surface area (Å²) in [5, 5.41) is 3.48. The third-order valence-electron chi connectivity index (χ3n) is 3.67. The van der Waals surface area contributed by atoms with Gasteiger partial charge in [-0.2, -0.15) is 0 Å². The van der Waals surface area contributed by atoms with Gasteiger partial charge in [0.25, 0.3) is 5.91 Å². The number of carbonyl (C=O) groups is 1. The standard InChI is InChI=1S/C14H19ClN2O/c1-10-5-3-2-4-6-12(10)17-14(18)11-7-8-16-13(15)9-11/h7-10,12H,2-6H2,1H3,(H,17,18). The van der Waals surface area contributed by atoms with Crippen LogP contribution in [0.1, 0.15) is 49.4 Å². The highest BCUT2D eigenvalue weighted by atomic mass is 35.5. The van der Waals surface area contributed by atoms with Crippen molar-refractivity contribution in [3.8, 4) is 0 Å². The second-order valence-corrected chi connectivity index (χ2v) is 5.45. The maximum absolute atomic E-state index is 12.1. The van der Waals surface area contributed by atoms with Crippen molar-refractivity contribution in [1.82, 2.24) is 10.3 Å². The van der Waals surface area contributed by atoms with Crippen molar-refractivity contribution in [2.75, 3.05) is 0 Å². The zero-order chi connectivity index (χ0) is 13.0. The Kier molecular flexibility index (Phi) is 4.59. The molecule has 0 spiro atoms. The van der Waals surface area contributed by atoms with Crippen LogP contribution in [0.5, 0.6) is 0 Å². The summed E-state index contributed by atoms with van der Waals surface area (Å²) in [7, 11) is 0. The van der Waals surface area contributed by atoms with Crippen LogP contribution in [0.25, 0.3) is 0 Å². The molecule has 1 aliphatic rings. The van der Waals surface area contributed by atoms with Gasteiger partial charge in [0.1, 0.15) is 5.15 Å². The zero-order valence-corrected chi connectivity index (χ0v) is 11.4. The topological polar surface area (TPSA) is 42.0 Å². The summed E-state index contributed by atoms with van der Waals surface area (Å²) >= 11 is 5.80. The number of rotatable bonds is 2. The van der Waals surface area contributed by atoms with Gasteiger partial charge in [-0.15, -0.1) is 0 Å². The van der Waals surface area contributed by atoms with Crippen molar-refractivity contribution >= 4 is 17.5 Å². The first-order valence-corrected chi connectivity index (χ1v) is 6.97. The minimum absolute atomic E-state index is 0.0435. The van der Waals surface area contributed by atoms with Crippen LogP contribution in [0.15, 0.2) is 18.3 Å². The molecule has 2 rings (SSSR count). The van der Waals surface area contributed by atoms with Crippen LogP contribution < -0.4 is 5.32 Å². The number of nitrogens with zero attached hydrogens (tertiary/aromatic N) is 1. The van der Waals surface area contributed by atoms with Gasteiger partial charge in [0.2, 0.25) is 0 Å². The number of hydrogen-bond donors (Lipinski definition) is 1. The van der Waals surface area contributed by atoms with Crippen molar-refractivity contribution in [1.29, 1.82) is 0 Å². The number of aromatic nitrogens is 1. The lowest BCUT2D eigenvalue weighted by atomic mass is 9.96. The monoisotopic (exact) mass is 266 g/mol. The fourth-order valence-electron chi connectivity index (χ4n) is 2.50. The average molecular weight is 267 g/mol. The number of amides is 1. The Labute approximate surface area is 113 Å². The molecule has 1 aliphatic carbocycles. The molecular weight excluding hydrogens is 248 g/mol. The van der Waals surface area contributed by atoms with E-state index in [0.717, 1.165) is 6.42 Å². The molecule has 0 bridgehead atoms. The van der Waals surface area contributed by atoms with Crippen LogP contribution in [-0.2, 0) is 0 Å². The van der Waals surface area contributed by atoms with E-state index in [4.69, 9.17) is 11.6 Å². The van der Waals surface area contributed by atoms with E-state index in [1.54, 1.807) is 18.3 Å². The van der Waals surface area contributed by atoms with E-state index in [0.29, 0.717) is 16.6 Å². The molecule has 2 unspecified atom stereocenters. The number of nitrogens with one attached hydrogen (secondary N) is 1. The molecule has 1 aromatic rings. The van der Waals surface area contributed by atoms with E-state index in [1.807, 2.05) is 0 Å². The lowest BCUT2D eigenvalue weighted by molar-refractivity contribution is 0.0921. The summed E-state index contributed by atoms with van der Waals surface area (Å²) in [4.78, 5) is 16.0. The summed E-state index contributed by atoms with van der Waals surface area (Å²) in [6, 6.07) is 3.59. The molecule has 1 N–H and O–H groups in total. The van der Waals surface area contributed by atoms with Gasteiger partial charge in [0, 0.05) is 17.8 Å². The number of pyridine rings is 1. The predicted octanol–water partition coefficient (Wildman–Crippen LogP) is 3.43. The van der Waals surface area contributed by atoms with Gasteiger partial charge >= 0.3 is 0 Å². The second-order valence-electron chi connectivity index (χ2n) is 5.06. The summed E-state index contributed by atoms with van der Waals surface area (Å²) in [5.41, 5.74) is 0.589. The van der Waals surface area contributed by atoms with Crippen molar-refractivity contribution in [2.24, 2.45) is 5.92 Å². The van der Waals surface area contributed by atoms with Crippen LogP contribution in [0.4, 0.5) is 0 Å². The molecular formula is C14H19ClN2O. The van der Waals surface area contributed by atoms with Crippen LogP contribution >= 0.6 is 11.6 Å². The van der Waals surface area contributed by atoms with Gasteiger partial charge in [-0.25, -0.2) is 4.98 Å². The molecule has 1 aromatic heterocycles. The summed E-state index contributed by atoms with van der Waals surface area (Å²) in [6.07, 6.45) is 7.58. The highest BCUT2D eigenvalue weighted by Crippen LogP contribution is 2.23. The molecule has 4 heteroatoms. The van der Waals surface area contributed by atoms with Gasteiger partial charge in [0.05, 0.1) is 0 Å².